The average Bonchev–Trinajstić information content (AvgIpc) is 2.37. The van der Waals surface area contributed by atoms with Gasteiger partial charge in [0, 0.05) is 25.2 Å². The highest BCUT2D eigenvalue weighted by Crippen LogP contribution is 2.39. The minimum Gasteiger partial charge on any atom is -0.380 e. The number of rotatable bonds is 6. The van der Waals surface area contributed by atoms with Gasteiger partial charge in [-0.25, -0.2) is 0 Å². The molecule has 0 heterocycles. The van der Waals surface area contributed by atoms with Crippen molar-refractivity contribution in [2.75, 3.05) is 33.9 Å². The Morgan fingerprint density at radius 2 is 1.95 bits per heavy atom. The maximum atomic E-state index is 5.50. The summed E-state index contributed by atoms with van der Waals surface area (Å²) in [5.41, 5.74) is 0.428. The standard InChI is InChI=1S/C16H34N2O/c1-7-19-11-10-18(6)15-12-13(16(2,3)4)8-9-14(15)17-5/h13-15,17H,7-12H2,1-6H3. The average molecular weight is 270 g/mol. The first-order chi connectivity index (χ1) is 8.90. The summed E-state index contributed by atoms with van der Waals surface area (Å²) in [4.78, 5) is 2.49. The summed E-state index contributed by atoms with van der Waals surface area (Å²) in [6.45, 7) is 11.9. The highest BCUT2D eigenvalue weighted by atomic mass is 16.5. The number of hydrogen-bond donors (Lipinski definition) is 1. The van der Waals surface area contributed by atoms with Gasteiger partial charge in [0.05, 0.1) is 6.61 Å². The van der Waals surface area contributed by atoms with Crippen molar-refractivity contribution >= 4 is 0 Å². The highest BCUT2D eigenvalue weighted by Gasteiger charge is 2.36. The molecule has 3 atom stereocenters. The molecule has 19 heavy (non-hydrogen) atoms. The van der Waals surface area contributed by atoms with E-state index in [2.05, 4.69) is 52.0 Å². The second kappa shape index (κ2) is 7.61. The van der Waals surface area contributed by atoms with Crippen molar-refractivity contribution in [1.82, 2.24) is 10.2 Å². The summed E-state index contributed by atoms with van der Waals surface area (Å²) in [5, 5.41) is 3.51. The fourth-order valence-corrected chi connectivity index (χ4v) is 3.28. The fraction of sp³-hybridized carbons (Fsp3) is 1.00. The lowest BCUT2D eigenvalue weighted by Gasteiger charge is -2.45. The zero-order valence-corrected chi connectivity index (χ0v) is 13.8. The van der Waals surface area contributed by atoms with Gasteiger partial charge in [0.1, 0.15) is 0 Å². The third-order valence-corrected chi connectivity index (χ3v) is 4.77. The van der Waals surface area contributed by atoms with Crippen molar-refractivity contribution in [1.29, 1.82) is 0 Å². The molecule has 0 bridgehead atoms. The Morgan fingerprint density at radius 1 is 1.26 bits per heavy atom. The van der Waals surface area contributed by atoms with Crippen molar-refractivity contribution in [2.45, 2.75) is 59.0 Å². The van der Waals surface area contributed by atoms with E-state index < -0.39 is 0 Å². The van der Waals surface area contributed by atoms with Gasteiger partial charge in [-0.05, 0) is 51.6 Å². The molecule has 1 rings (SSSR count). The lowest BCUT2D eigenvalue weighted by molar-refractivity contribution is 0.0514. The molecule has 3 heteroatoms. The molecule has 0 radical (unpaired) electrons. The lowest BCUT2D eigenvalue weighted by Crippen LogP contribution is -2.53. The van der Waals surface area contributed by atoms with Crippen LogP contribution in [-0.2, 0) is 4.74 Å². The van der Waals surface area contributed by atoms with E-state index in [0.717, 1.165) is 25.7 Å². The summed E-state index contributed by atoms with van der Waals surface area (Å²) in [5.74, 6) is 0.830. The summed E-state index contributed by atoms with van der Waals surface area (Å²) in [7, 11) is 4.35. The number of ether oxygens (including phenoxy) is 1. The van der Waals surface area contributed by atoms with Gasteiger partial charge in [-0.1, -0.05) is 20.8 Å². The van der Waals surface area contributed by atoms with E-state index in [0.29, 0.717) is 17.5 Å². The van der Waals surface area contributed by atoms with Gasteiger partial charge in [0.15, 0.2) is 0 Å². The normalized spacial score (nSPS) is 28.9. The monoisotopic (exact) mass is 270 g/mol. The van der Waals surface area contributed by atoms with Crippen LogP contribution in [0.15, 0.2) is 0 Å². The van der Waals surface area contributed by atoms with Crippen LogP contribution < -0.4 is 5.32 Å². The second-order valence-corrected chi connectivity index (χ2v) is 7.02. The smallest absolute Gasteiger partial charge is 0.0593 e. The fourth-order valence-electron chi connectivity index (χ4n) is 3.28. The van der Waals surface area contributed by atoms with Gasteiger partial charge in [-0.15, -0.1) is 0 Å². The third kappa shape index (κ3) is 5.05. The Kier molecular flexibility index (Phi) is 6.78. The summed E-state index contributed by atoms with van der Waals surface area (Å²) in [6, 6.07) is 1.27. The van der Waals surface area contributed by atoms with Crippen molar-refractivity contribution in [3.63, 3.8) is 0 Å². The number of nitrogens with one attached hydrogen (secondary N) is 1. The molecule has 114 valence electrons. The van der Waals surface area contributed by atoms with Gasteiger partial charge < -0.3 is 10.1 Å². The van der Waals surface area contributed by atoms with E-state index in [1.807, 2.05) is 0 Å². The van der Waals surface area contributed by atoms with Crippen molar-refractivity contribution in [2.24, 2.45) is 11.3 Å². The molecule has 1 aliphatic carbocycles. The van der Waals surface area contributed by atoms with Crippen LogP contribution in [0.4, 0.5) is 0 Å². The van der Waals surface area contributed by atoms with Crippen molar-refractivity contribution in [3.8, 4) is 0 Å². The quantitative estimate of drug-likeness (QED) is 0.751. The molecule has 0 aliphatic heterocycles. The molecular weight excluding hydrogens is 236 g/mol. The molecule has 0 aromatic rings. The van der Waals surface area contributed by atoms with Crippen LogP contribution in [-0.4, -0.2) is 50.8 Å². The van der Waals surface area contributed by atoms with E-state index in [4.69, 9.17) is 4.74 Å². The molecule has 0 aromatic heterocycles. The predicted octanol–water partition coefficient (Wildman–Crippen LogP) is 2.76. The summed E-state index contributed by atoms with van der Waals surface area (Å²) >= 11 is 0. The topological polar surface area (TPSA) is 24.5 Å². The van der Waals surface area contributed by atoms with Crippen molar-refractivity contribution in [3.05, 3.63) is 0 Å². The Bertz CT molecular complexity index is 250. The maximum absolute atomic E-state index is 5.50. The Balaban J connectivity index is 2.58. The molecular formula is C16H34N2O. The van der Waals surface area contributed by atoms with E-state index in [1.54, 1.807) is 0 Å². The highest BCUT2D eigenvalue weighted by molar-refractivity contribution is 4.92. The third-order valence-electron chi connectivity index (χ3n) is 4.77. The largest absolute Gasteiger partial charge is 0.380 e. The van der Waals surface area contributed by atoms with Crippen LogP contribution in [0.1, 0.15) is 47.0 Å². The Hall–Kier alpha value is -0.120. The minimum absolute atomic E-state index is 0.428. The van der Waals surface area contributed by atoms with Gasteiger partial charge in [-0.2, -0.15) is 0 Å². The van der Waals surface area contributed by atoms with Crippen LogP contribution in [0, 0.1) is 11.3 Å². The number of likely N-dealkylation sites (N-methyl/N-ethyl adjacent to an activating group) is 2. The molecule has 1 N–H and O–H groups in total. The van der Waals surface area contributed by atoms with Gasteiger partial charge in [0.2, 0.25) is 0 Å². The maximum Gasteiger partial charge on any atom is 0.0593 e. The molecule has 0 amide bonds. The number of hydrogen-bond acceptors (Lipinski definition) is 3. The van der Waals surface area contributed by atoms with Gasteiger partial charge >= 0.3 is 0 Å². The molecule has 1 fully saturated rings. The minimum atomic E-state index is 0.428. The first-order valence-electron chi connectivity index (χ1n) is 7.85. The van der Waals surface area contributed by atoms with Crippen LogP contribution in [0.3, 0.4) is 0 Å². The first kappa shape index (κ1) is 16.9. The second-order valence-electron chi connectivity index (χ2n) is 7.02. The molecule has 3 unspecified atom stereocenters. The molecule has 1 aliphatic rings. The molecule has 0 spiro atoms. The van der Waals surface area contributed by atoms with Gasteiger partial charge in [-0.3, -0.25) is 4.90 Å². The molecule has 0 aromatic carbocycles. The van der Waals surface area contributed by atoms with E-state index >= 15 is 0 Å². The predicted molar refractivity (Wildman–Crippen MR) is 82.6 cm³/mol. The van der Waals surface area contributed by atoms with Crippen molar-refractivity contribution < 1.29 is 4.74 Å². The SMILES string of the molecule is CCOCCN(C)C1CC(C(C)(C)C)CCC1NC. The lowest BCUT2D eigenvalue weighted by atomic mass is 9.69. The summed E-state index contributed by atoms with van der Waals surface area (Å²) < 4.78 is 5.50. The van der Waals surface area contributed by atoms with E-state index in [1.165, 1.54) is 19.3 Å². The Labute approximate surface area is 120 Å². The van der Waals surface area contributed by atoms with Gasteiger partial charge in [0.25, 0.3) is 0 Å². The number of nitrogens with zero attached hydrogens (tertiary/aromatic N) is 1. The zero-order chi connectivity index (χ0) is 14.5. The van der Waals surface area contributed by atoms with E-state index in [-0.39, 0.29) is 0 Å². The first-order valence-corrected chi connectivity index (χ1v) is 7.85. The summed E-state index contributed by atoms with van der Waals surface area (Å²) in [6.07, 6.45) is 3.95. The molecule has 1 saturated carbocycles. The molecule has 3 nitrogen and oxygen atoms in total. The zero-order valence-electron chi connectivity index (χ0n) is 13.8. The Morgan fingerprint density at radius 3 is 2.47 bits per heavy atom. The van der Waals surface area contributed by atoms with E-state index in [9.17, 15) is 0 Å². The van der Waals surface area contributed by atoms with Crippen LogP contribution in [0.5, 0.6) is 0 Å². The van der Waals surface area contributed by atoms with Crippen LogP contribution >= 0.6 is 0 Å². The molecule has 0 saturated heterocycles. The van der Waals surface area contributed by atoms with Crippen LogP contribution in [0.2, 0.25) is 0 Å². The van der Waals surface area contributed by atoms with Crippen LogP contribution in [0.25, 0.3) is 0 Å².